The summed E-state index contributed by atoms with van der Waals surface area (Å²) < 4.78 is 0.448. The van der Waals surface area contributed by atoms with E-state index in [0.717, 1.165) is 0 Å². The summed E-state index contributed by atoms with van der Waals surface area (Å²) in [5, 5.41) is 8.81. The maximum atomic E-state index is 12.0. The Kier molecular flexibility index (Phi) is 3.10. The number of rotatable bonds is 3. The molecule has 86 valence electrons. The number of aromatic carboxylic acids is 1. The first-order chi connectivity index (χ1) is 8.09. The number of aromatic amines is 1. The number of halogens is 1. The van der Waals surface area contributed by atoms with Gasteiger partial charge in [0.25, 0.3) is 0 Å². The minimum atomic E-state index is -1.10. The molecule has 1 heterocycles. The monoisotopic (exact) mass is 293 g/mol. The van der Waals surface area contributed by atoms with Crippen molar-refractivity contribution in [2.24, 2.45) is 0 Å². The number of carbonyl (C=O) groups is 2. The highest BCUT2D eigenvalue weighted by Crippen LogP contribution is 2.21. The Hall–Kier alpha value is -1.88. The van der Waals surface area contributed by atoms with E-state index in [2.05, 4.69) is 20.9 Å². The minimum absolute atomic E-state index is 0.0174. The zero-order valence-corrected chi connectivity index (χ0v) is 10.2. The van der Waals surface area contributed by atoms with Crippen LogP contribution < -0.4 is 0 Å². The third-order valence-electron chi connectivity index (χ3n) is 2.26. The Labute approximate surface area is 105 Å². The van der Waals surface area contributed by atoms with Crippen molar-refractivity contribution < 1.29 is 14.7 Å². The number of benzene rings is 1. The molecule has 0 radical (unpaired) electrons. The lowest BCUT2D eigenvalue weighted by Gasteiger charge is -1.98. The van der Waals surface area contributed by atoms with Crippen molar-refractivity contribution in [3.8, 4) is 0 Å². The summed E-state index contributed by atoms with van der Waals surface area (Å²) in [5.74, 6) is -1.34. The van der Waals surface area contributed by atoms with E-state index in [-0.39, 0.29) is 17.2 Å². The summed E-state index contributed by atoms with van der Waals surface area (Å²) in [7, 11) is 0. The lowest BCUT2D eigenvalue weighted by Crippen LogP contribution is -2.04. The zero-order valence-electron chi connectivity index (χ0n) is 8.61. The van der Waals surface area contributed by atoms with E-state index < -0.39 is 5.97 Å². The Balaban J connectivity index is 2.41. The van der Waals surface area contributed by atoms with Gasteiger partial charge >= 0.3 is 5.97 Å². The maximum absolute atomic E-state index is 12.0. The van der Waals surface area contributed by atoms with Crippen LogP contribution in [0.15, 0.2) is 40.9 Å². The number of hydrogen-bond acceptors (Lipinski definition) is 2. The van der Waals surface area contributed by atoms with Crippen LogP contribution in [0.3, 0.4) is 0 Å². The van der Waals surface area contributed by atoms with Crippen molar-refractivity contribution in [1.82, 2.24) is 4.98 Å². The molecule has 0 atom stereocenters. The lowest BCUT2D eigenvalue weighted by molar-refractivity contribution is 0.0691. The average molecular weight is 294 g/mol. The van der Waals surface area contributed by atoms with Gasteiger partial charge in [0.2, 0.25) is 5.78 Å². The maximum Gasteiger partial charge on any atom is 0.352 e. The topological polar surface area (TPSA) is 70.2 Å². The average Bonchev–Trinajstić information content (AvgIpc) is 2.72. The van der Waals surface area contributed by atoms with Gasteiger partial charge in [-0.25, -0.2) is 4.79 Å². The summed E-state index contributed by atoms with van der Waals surface area (Å²) in [4.78, 5) is 25.4. The minimum Gasteiger partial charge on any atom is -0.477 e. The first-order valence-electron chi connectivity index (χ1n) is 4.81. The Morgan fingerprint density at radius 2 is 1.82 bits per heavy atom. The van der Waals surface area contributed by atoms with E-state index in [0.29, 0.717) is 10.0 Å². The molecule has 0 aliphatic rings. The predicted octanol–water partition coefficient (Wildman–Crippen LogP) is 2.71. The number of H-pyrrole nitrogens is 1. The molecule has 0 amide bonds. The molecule has 1 aromatic carbocycles. The highest BCUT2D eigenvalue weighted by molar-refractivity contribution is 9.10. The second kappa shape index (κ2) is 4.55. The van der Waals surface area contributed by atoms with Gasteiger partial charge in [-0.05, 0) is 22.0 Å². The van der Waals surface area contributed by atoms with Crippen molar-refractivity contribution >= 4 is 27.7 Å². The zero-order chi connectivity index (χ0) is 12.4. The molecular weight excluding hydrogens is 286 g/mol. The van der Waals surface area contributed by atoms with Crippen LogP contribution in [0.4, 0.5) is 0 Å². The molecule has 0 saturated heterocycles. The number of aromatic nitrogens is 1. The molecule has 0 spiro atoms. The quantitative estimate of drug-likeness (QED) is 0.855. The molecule has 2 rings (SSSR count). The summed E-state index contributed by atoms with van der Waals surface area (Å²) >= 11 is 3.17. The molecular formula is C12H8BrNO3. The normalized spacial score (nSPS) is 10.2. The number of ketones is 1. The molecule has 2 aromatic rings. The van der Waals surface area contributed by atoms with E-state index in [1.807, 2.05) is 6.07 Å². The van der Waals surface area contributed by atoms with Gasteiger partial charge in [-0.1, -0.05) is 30.3 Å². The highest BCUT2D eigenvalue weighted by Gasteiger charge is 2.17. The molecule has 17 heavy (non-hydrogen) atoms. The Morgan fingerprint density at radius 1 is 1.18 bits per heavy atom. The van der Waals surface area contributed by atoms with E-state index in [9.17, 15) is 9.59 Å². The van der Waals surface area contributed by atoms with Crippen LogP contribution >= 0.6 is 15.9 Å². The standard InChI is InChI=1S/C12H8BrNO3/c13-8-6-9(12(16)17)14-10(8)11(15)7-4-2-1-3-5-7/h1-6,14H,(H,16,17). The highest BCUT2D eigenvalue weighted by atomic mass is 79.9. The Morgan fingerprint density at radius 3 is 2.35 bits per heavy atom. The van der Waals surface area contributed by atoms with Gasteiger partial charge in [-0.3, -0.25) is 4.79 Å². The van der Waals surface area contributed by atoms with Crippen LogP contribution in [0, 0.1) is 0 Å². The second-order valence-corrected chi connectivity index (χ2v) is 4.26. The van der Waals surface area contributed by atoms with E-state index in [1.165, 1.54) is 6.07 Å². The molecule has 2 N–H and O–H groups in total. The van der Waals surface area contributed by atoms with Crippen molar-refractivity contribution in [2.45, 2.75) is 0 Å². The molecule has 0 saturated carbocycles. The van der Waals surface area contributed by atoms with Crippen molar-refractivity contribution in [1.29, 1.82) is 0 Å². The smallest absolute Gasteiger partial charge is 0.352 e. The molecule has 0 aliphatic heterocycles. The molecule has 5 heteroatoms. The van der Waals surface area contributed by atoms with Gasteiger partial charge in [-0.15, -0.1) is 0 Å². The van der Waals surface area contributed by atoms with Crippen LogP contribution in [-0.2, 0) is 0 Å². The largest absolute Gasteiger partial charge is 0.477 e. The van der Waals surface area contributed by atoms with Crippen molar-refractivity contribution in [2.75, 3.05) is 0 Å². The summed E-state index contributed by atoms with van der Waals surface area (Å²) in [6.45, 7) is 0. The third kappa shape index (κ3) is 2.29. The van der Waals surface area contributed by atoms with Crippen LogP contribution in [0.5, 0.6) is 0 Å². The van der Waals surface area contributed by atoms with Crippen LogP contribution in [0.2, 0.25) is 0 Å². The molecule has 0 unspecified atom stereocenters. The van der Waals surface area contributed by atoms with Crippen LogP contribution in [0.25, 0.3) is 0 Å². The van der Waals surface area contributed by atoms with Crippen molar-refractivity contribution in [3.05, 3.63) is 57.8 Å². The predicted molar refractivity (Wildman–Crippen MR) is 65.3 cm³/mol. The van der Waals surface area contributed by atoms with Gasteiger partial charge in [0, 0.05) is 10.0 Å². The number of carboxylic acid groups (broad SMARTS) is 1. The third-order valence-corrected chi connectivity index (χ3v) is 2.89. The first kappa shape index (κ1) is 11.6. The molecule has 0 aliphatic carbocycles. The fourth-order valence-electron chi connectivity index (χ4n) is 1.44. The van der Waals surface area contributed by atoms with Gasteiger partial charge in [-0.2, -0.15) is 0 Å². The SMILES string of the molecule is O=C(O)c1cc(Br)c(C(=O)c2ccccc2)[nH]1. The fourth-order valence-corrected chi connectivity index (χ4v) is 1.95. The molecule has 1 aromatic heterocycles. The number of nitrogens with one attached hydrogen (secondary N) is 1. The van der Waals surface area contributed by atoms with Crippen LogP contribution in [0.1, 0.15) is 26.5 Å². The summed E-state index contributed by atoms with van der Waals surface area (Å²) in [5.41, 5.74) is 0.733. The van der Waals surface area contributed by atoms with E-state index in [1.54, 1.807) is 24.3 Å². The van der Waals surface area contributed by atoms with Gasteiger partial charge in [0.05, 0.1) is 0 Å². The number of carboxylic acids is 1. The number of carbonyl (C=O) groups excluding carboxylic acids is 1. The van der Waals surface area contributed by atoms with E-state index >= 15 is 0 Å². The van der Waals surface area contributed by atoms with Gasteiger partial charge < -0.3 is 10.1 Å². The summed E-state index contributed by atoms with van der Waals surface area (Å²) in [6.07, 6.45) is 0. The van der Waals surface area contributed by atoms with Crippen LogP contribution in [-0.4, -0.2) is 21.8 Å². The summed E-state index contributed by atoms with van der Waals surface area (Å²) in [6, 6.07) is 10.0. The molecule has 0 bridgehead atoms. The first-order valence-corrected chi connectivity index (χ1v) is 5.60. The number of hydrogen-bond donors (Lipinski definition) is 2. The van der Waals surface area contributed by atoms with Crippen molar-refractivity contribution in [3.63, 3.8) is 0 Å². The lowest BCUT2D eigenvalue weighted by atomic mass is 10.1. The Bertz CT molecular complexity index is 575. The molecule has 0 fully saturated rings. The molecule has 4 nitrogen and oxygen atoms in total. The second-order valence-electron chi connectivity index (χ2n) is 3.41. The van der Waals surface area contributed by atoms with Gasteiger partial charge in [0.15, 0.2) is 0 Å². The van der Waals surface area contributed by atoms with Gasteiger partial charge in [0.1, 0.15) is 11.4 Å². The van der Waals surface area contributed by atoms with E-state index in [4.69, 9.17) is 5.11 Å². The fraction of sp³-hybridized carbons (Fsp3) is 0.